The quantitative estimate of drug-likeness (QED) is 0.616. The molecule has 1 spiro atoms. The first-order chi connectivity index (χ1) is 17.7. The third-order valence-corrected chi connectivity index (χ3v) is 7.63. The summed E-state index contributed by atoms with van der Waals surface area (Å²) in [5.41, 5.74) is 1.40. The van der Waals surface area contributed by atoms with E-state index in [1.54, 1.807) is 4.90 Å². The summed E-state index contributed by atoms with van der Waals surface area (Å²) in [4.78, 5) is 30.0. The number of anilines is 1. The second-order valence-corrected chi connectivity index (χ2v) is 11.4. The van der Waals surface area contributed by atoms with E-state index in [9.17, 15) is 9.59 Å². The van der Waals surface area contributed by atoms with E-state index in [0.29, 0.717) is 31.1 Å². The van der Waals surface area contributed by atoms with E-state index in [0.717, 1.165) is 42.7 Å². The molecular weight excluding hydrogens is 472 g/mol. The van der Waals surface area contributed by atoms with Crippen molar-refractivity contribution in [1.29, 1.82) is 0 Å². The number of nitrogens with zero attached hydrogens (tertiary/aromatic N) is 2. The van der Waals surface area contributed by atoms with Crippen molar-refractivity contribution >= 4 is 17.7 Å². The summed E-state index contributed by atoms with van der Waals surface area (Å²) in [7, 11) is 0. The topological polar surface area (TPSA) is 77.5 Å². The van der Waals surface area contributed by atoms with Crippen LogP contribution in [0.2, 0.25) is 0 Å². The van der Waals surface area contributed by atoms with E-state index in [-0.39, 0.29) is 30.8 Å². The summed E-state index contributed by atoms with van der Waals surface area (Å²) in [5, 5.41) is 0. The van der Waals surface area contributed by atoms with E-state index < -0.39 is 11.0 Å². The molecule has 0 aromatic heterocycles. The molecule has 6 rings (SSSR count). The molecule has 8 heteroatoms. The smallest absolute Gasteiger partial charge is 0.410 e. The Bertz CT molecular complexity index is 1220. The summed E-state index contributed by atoms with van der Waals surface area (Å²) in [6, 6.07) is 13.8. The maximum absolute atomic E-state index is 14.0. The van der Waals surface area contributed by atoms with Gasteiger partial charge in [0.1, 0.15) is 35.2 Å². The van der Waals surface area contributed by atoms with Crippen LogP contribution < -0.4 is 14.4 Å². The second kappa shape index (κ2) is 8.94. The van der Waals surface area contributed by atoms with Gasteiger partial charge in [-0.2, -0.15) is 0 Å². The van der Waals surface area contributed by atoms with Crippen LogP contribution in [0.4, 0.5) is 10.5 Å². The van der Waals surface area contributed by atoms with Gasteiger partial charge in [-0.05, 0) is 51.3 Å². The Labute approximate surface area is 217 Å². The Morgan fingerprint density at radius 1 is 1.14 bits per heavy atom. The summed E-state index contributed by atoms with van der Waals surface area (Å²) in [6.07, 6.45) is 2.35. The van der Waals surface area contributed by atoms with E-state index in [4.69, 9.17) is 18.9 Å². The van der Waals surface area contributed by atoms with Gasteiger partial charge in [-0.15, -0.1) is 0 Å². The molecule has 0 radical (unpaired) electrons. The maximum atomic E-state index is 14.0. The van der Waals surface area contributed by atoms with Crippen molar-refractivity contribution in [3.05, 3.63) is 53.6 Å². The Balaban J connectivity index is 1.21. The number of likely N-dealkylation sites (tertiary alicyclic amines) is 1. The highest BCUT2D eigenvalue weighted by molar-refractivity contribution is 6.11. The van der Waals surface area contributed by atoms with Crippen molar-refractivity contribution in [3.63, 3.8) is 0 Å². The summed E-state index contributed by atoms with van der Waals surface area (Å²) in [5.74, 6) is 1.38. The van der Waals surface area contributed by atoms with Crippen LogP contribution in [-0.2, 0) is 19.7 Å². The summed E-state index contributed by atoms with van der Waals surface area (Å²) < 4.78 is 23.7. The average Bonchev–Trinajstić information content (AvgIpc) is 3.64. The van der Waals surface area contributed by atoms with Gasteiger partial charge in [0.15, 0.2) is 0 Å². The van der Waals surface area contributed by atoms with Crippen LogP contribution in [0.15, 0.2) is 42.5 Å². The zero-order chi connectivity index (χ0) is 25.8. The predicted octanol–water partition coefficient (Wildman–Crippen LogP) is 4.28. The standard InChI is InChI=1S/C29H34N2O6/c1-28(2,3)37-27(33)30-13-12-21(16-30)36-19-10-11-23-25(15-19)35-18-29(23)22-8-4-5-9-24(22)31(26(29)32)17-20-7-6-14-34-20/h4-5,8-11,15,20-21H,6-7,12-14,16-18H2,1-3H3/t20-,21-,29?/m1/s1. The molecule has 2 aromatic rings. The molecule has 0 saturated carbocycles. The van der Waals surface area contributed by atoms with Gasteiger partial charge in [-0.1, -0.05) is 24.3 Å². The molecule has 4 aliphatic heterocycles. The zero-order valence-electron chi connectivity index (χ0n) is 21.7. The molecule has 0 aliphatic carbocycles. The van der Waals surface area contributed by atoms with Crippen LogP contribution in [0.5, 0.6) is 11.5 Å². The number of amides is 2. The molecule has 2 aromatic carbocycles. The SMILES string of the molecule is CC(C)(C)OC(=O)N1CC[C@@H](Oc2ccc3c(c2)OCC32C(=O)N(C[C@H]3CCCO3)c3ccccc32)C1. The van der Waals surface area contributed by atoms with Crippen molar-refractivity contribution in [1.82, 2.24) is 4.90 Å². The van der Waals surface area contributed by atoms with Crippen LogP contribution in [0.3, 0.4) is 0 Å². The molecule has 0 N–H and O–H groups in total. The molecular formula is C29H34N2O6. The number of carbonyl (C=O) groups is 2. The first-order valence-electron chi connectivity index (χ1n) is 13.2. The van der Waals surface area contributed by atoms with Gasteiger partial charge in [0.25, 0.3) is 0 Å². The van der Waals surface area contributed by atoms with Crippen LogP contribution in [0.25, 0.3) is 0 Å². The third-order valence-electron chi connectivity index (χ3n) is 7.63. The van der Waals surface area contributed by atoms with Gasteiger partial charge in [-0.25, -0.2) is 4.79 Å². The number of fused-ring (bicyclic) bond motifs is 4. The maximum Gasteiger partial charge on any atom is 0.410 e. The lowest BCUT2D eigenvalue weighted by Crippen LogP contribution is -2.44. The number of benzene rings is 2. The number of hydrogen-bond acceptors (Lipinski definition) is 6. The second-order valence-electron chi connectivity index (χ2n) is 11.4. The average molecular weight is 507 g/mol. The van der Waals surface area contributed by atoms with Gasteiger partial charge in [0.05, 0.1) is 19.2 Å². The predicted molar refractivity (Wildman–Crippen MR) is 137 cm³/mol. The fraction of sp³-hybridized carbons (Fsp3) is 0.517. The molecule has 2 fully saturated rings. The van der Waals surface area contributed by atoms with Crippen LogP contribution in [0, 0.1) is 0 Å². The van der Waals surface area contributed by atoms with Crippen molar-refractivity contribution < 1.29 is 28.5 Å². The number of ether oxygens (including phenoxy) is 4. The van der Waals surface area contributed by atoms with Crippen LogP contribution in [-0.4, -0.2) is 67.6 Å². The zero-order valence-corrected chi connectivity index (χ0v) is 21.7. The summed E-state index contributed by atoms with van der Waals surface area (Å²) >= 11 is 0. The van der Waals surface area contributed by atoms with Crippen molar-refractivity contribution in [2.75, 3.05) is 37.7 Å². The lowest BCUT2D eigenvalue weighted by molar-refractivity contribution is -0.122. The molecule has 1 unspecified atom stereocenters. The summed E-state index contributed by atoms with van der Waals surface area (Å²) in [6.45, 7) is 8.23. The van der Waals surface area contributed by atoms with Crippen molar-refractivity contribution in [2.45, 2.75) is 63.3 Å². The highest BCUT2D eigenvalue weighted by Gasteiger charge is 2.57. The fourth-order valence-electron chi connectivity index (χ4n) is 5.92. The Morgan fingerprint density at radius 3 is 2.76 bits per heavy atom. The minimum Gasteiger partial charge on any atom is -0.491 e. The molecule has 0 bridgehead atoms. The van der Waals surface area contributed by atoms with Crippen LogP contribution >= 0.6 is 0 Å². The number of hydrogen-bond donors (Lipinski definition) is 0. The number of rotatable bonds is 4. The minimum absolute atomic E-state index is 0.0420. The Morgan fingerprint density at radius 2 is 1.97 bits per heavy atom. The lowest BCUT2D eigenvalue weighted by Gasteiger charge is -2.25. The monoisotopic (exact) mass is 506 g/mol. The largest absolute Gasteiger partial charge is 0.491 e. The first-order valence-corrected chi connectivity index (χ1v) is 13.2. The molecule has 3 atom stereocenters. The molecule has 4 heterocycles. The van der Waals surface area contributed by atoms with Crippen molar-refractivity contribution in [3.8, 4) is 11.5 Å². The molecule has 2 amide bonds. The van der Waals surface area contributed by atoms with Gasteiger partial charge < -0.3 is 28.7 Å². The molecule has 37 heavy (non-hydrogen) atoms. The minimum atomic E-state index is -0.857. The van der Waals surface area contributed by atoms with Crippen molar-refractivity contribution in [2.24, 2.45) is 0 Å². The highest BCUT2D eigenvalue weighted by Crippen LogP contribution is 2.53. The molecule has 8 nitrogen and oxygen atoms in total. The van der Waals surface area contributed by atoms with E-state index >= 15 is 0 Å². The Hall–Kier alpha value is -3.26. The van der Waals surface area contributed by atoms with Gasteiger partial charge >= 0.3 is 6.09 Å². The van der Waals surface area contributed by atoms with Gasteiger partial charge in [0.2, 0.25) is 5.91 Å². The normalized spacial score (nSPS) is 26.4. The first kappa shape index (κ1) is 24.1. The Kier molecular flexibility index (Phi) is 5.82. The molecule has 4 aliphatic rings. The van der Waals surface area contributed by atoms with Gasteiger partial charge in [0, 0.05) is 36.9 Å². The van der Waals surface area contributed by atoms with E-state index in [2.05, 4.69) is 0 Å². The van der Waals surface area contributed by atoms with Gasteiger partial charge in [-0.3, -0.25) is 4.79 Å². The van der Waals surface area contributed by atoms with Crippen LogP contribution in [0.1, 0.15) is 51.2 Å². The van der Waals surface area contributed by atoms with E-state index in [1.807, 2.05) is 68.1 Å². The number of carbonyl (C=O) groups excluding carboxylic acids is 2. The highest BCUT2D eigenvalue weighted by atomic mass is 16.6. The molecule has 196 valence electrons. The lowest BCUT2D eigenvalue weighted by atomic mass is 9.77. The third kappa shape index (κ3) is 4.21. The van der Waals surface area contributed by atoms with E-state index in [1.165, 1.54) is 0 Å². The fourth-order valence-corrected chi connectivity index (χ4v) is 5.92. The molecule has 2 saturated heterocycles. The number of para-hydroxylation sites is 1.